The Morgan fingerprint density at radius 3 is 2.82 bits per heavy atom. The van der Waals surface area contributed by atoms with E-state index in [2.05, 4.69) is 24.2 Å². The highest BCUT2D eigenvalue weighted by molar-refractivity contribution is 7.15. The number of hydrogen-bond acceptors (Lipinski definition) is 4. The molecule has 4 heteroatoms. The SMILES string of the molecule is CCCCN(C)c1nc(C2CC2)c(CNC)s1. The molecule has 0 amide bonds. The summed E-state index contributed by atoms with van der Waals surface area (Å²) in [6.07, 6.45) is 5.15. The van der Waals surface area contributed by atoms with Crippen LogP contribution in [0.3, 0.4) is 0 Å². The van der Waals surface area contributed by atoms with E-state index in [4.69, 9.17) is 4.98 Å². The number of aromatic nitrogens is 1. The van der Waals surface area contributed by atoms with Crippen LogP contribution in [0.4, 0.5) is 5.13 Å². The first kappa shape index (κ1) is 12.8. The number of rotatable bonds is 7. The standard InChI is InChI=1S/C13H23N3S/c1-4-5-8-16(3)13-15-12(10-6-7-10)11(17-13)9-14-2/h10,14H,4-9H2,1-3H3. The number of nitrogens with zero attached hydrogens (tertiary/aromatic N) is 2. The van der Waals surface area contributed by atoms with Crippen LogP contribution in [0.25, 0.3) is 0 Å². The van der Waals surface area contributed by atoms with Crippen LogP contribution in [0, 0.1) is 0 Å². The molecule has 0 unspecified atom stereocenters. The van der Waals surface area contributed by atoms with Crippen molar-refractivity contribution in [3.63, 3.8) is 0 Å². The van der Waals surface area contributed by atoms with Crippen LogP contribution in [0.5, 0.6) is 0 Å². The van der Waals surface area contributed by atoms with Gasteiger partial charge >= 0.3 is 0 Å². The Bertz CT molecular complexity index is 358. The van der Waals surface area contributed by atoms with Gasteiger partial charge in [0.1, 0.15) is 0 Å². The van der Waals surface area contributed by atoms with Crippen molar-refractivity contribution < 1.29 is 0 Å². The van der Waals surface area contributed by atoms with E-state index in [-0.39, 0.29) is 0 Å². The highest BCUT2D eigenvalue weighted by Gasteiger charge is 2.29. The van der Waals surface area contributed by atoms with Crippen LogP contribution in [-0.2, 0) is 6.54 Å². The van der Waals surface area contributed by atoms with Crippen molar-refractivity contribution >= 4 is 16.5 Å². The summed E-state index contributed by atoms with van der Waals surface area (Å²) in [5, 5.41) is 4.45. The Balaban J connectivity index is 2.08. The lowest BCUT2D eigenvalue weighted by Gasteiger charge is -2.14. The highest BCUT2D eigenvalue weighted by Crippen LogP contribution is 2.44. The molecule has 1 aromatic rings. The van der Waals surface area contributed by atoms with Gasteiger partial charge in [0.2, 0.25) is 0 Å². The maximum absolute atomic E-state index is 4.85. The van der Waals surface area contributed by atoms with E-state index in [1.807, 2.05) is 18.4 Å². The van der Waals surface area contributed by atoms with Crippen molar-refractivity contribution in [3.8, 4) is 0 Å². The van der Waals surface area contributed by atoms with Gasteiger partial charge < -0.3 is 10.2 Å². The minimum absolute atomic E-state index is 0.753. The molecule has 0 atom stereocenters. The Morgan fingerprint density at radius 1 is 1.47 bits per heavy atom. The minimum atomic E-state index is 0.753. The monoisotopic (exact) mass is 253 g/mol. The molecule has 1 aromatic heterocycles. The number of thiazole rings is 1. The predicted molar refractivity (Wildman–Crippen MR) is 75.0 cm³/mol. The summed E-state index contributed by atoms with van der Waals surface area (Å²) in [4.78, 5) is 8.59. The second kappa shape index (κ2) is 5.83. The molecule has 17 heavy (non-hydrogen) atoms. The average molecular weight is 253 g/mol. The smallest absolute Gasteiger partial charge is 0.185 e. The van der Waals surface area contributed by atoms with E-state index >= 15 is 0 Å². The fourth-order valence-corrected chi connectivity index (χ4v) is 3.11. The topological polar surface area (TPSA) is 28.2 Å². The fraction of sp³-hybridized carbons (Fsp3) is 0.769. The first-order chi connectivity index (χ1) is 8.26. The van der Waals surface area contributed by atoms with E-state index in [1.165, 1.54) is 41.4 Å². The van der Waals surface area contributed by atoms with Crippen molar-refractivity contribution in [1.82, 2.24) is 10.3 Å². The van der Waals surface area contributed by atoms with Gasteiger partial charge in [0.25, 0.3) is 0 Å². The van der Waals surface area contributed by atoms with E-state index in [0.717, 1.165) is 19.0 Å². The van der Waals surface area contributed by atoms with Gasteiger partial charge in [-0.15, -0.1) is 11.3 Å². The largest absolute Gasteiger partial charge is 0.351 e. The molecule has 96 valence electrons. The number of unbranched alkanes of at least 4 members (excludes halogenated alkanes) is 1. The quantitative estimate of drug-likeness (QED) is 0.809. The van der Waals surface area contributed by atoms with E-state index < -0.39 is 0 Å². The zero-order valence-electron chi connectivity index (χ0n) is 11.1. The summed E-state index contributed by atoms with van der Waals surface area (Å²) in [7, 11) is 4.17. The zero-order chi connectivity index (χ0) is 12.3. The predicted octanol–water partition coefficient (Wildman–Crippen LogP) is 2.98. The van der Waals surface area contributed by atoms with Crippen molar-refractivity contribution in [2.45, 2.75) is 45.1 Å². The fourth-order valence-electron chi connectivity index (χ4n) is 1.97. The van der Waals surface area contributed by atoms with Crippen molar-refractivity contribution in [3.05, 3.63) is 10.6 Å². The summed E-state index contributed by atoms with van der Waals surface area (Å²) in [5.74, 6) is 0.753. The summed E-state index contributed by atoms with van der Waals surface area (Å²) in [6.45, 7) is 4.32. The lowest BCUT2D eigenvalue weighted by atomic mass is 10.2. The Kier molecular flexibility index (Phi) is 4.40. The van der Waals surface area contributed by atoms with Crippen LogP contribution < -0.4 is 10.2 Å². The van der Waals surface area contributed by atoms with Gasteiger partial charge in [0.15, 0.2) is 5.13 Å². The lowest BCUT2D eigenvalue weighted by Crippen LogP contribution is -2.17. The number of nitrogens with one attached hydrogen (secondary N) is 1. The summed E-state index contributed by atoms with van der Waals surface area (Å²) in [6, 6.07) is 0. The molecule has 0 spiro atoms. The van der Waals surface area contributed by atoms with Crippen LogP contribution in [0.15, 0.2) is 0 Å². The maximum Gasteiger partial charge on any atom is 0.185 e. The van der Waals surface area contributed by atoms with Gasteiger partial charge in [-0.3, -0.25) is 0 Å². The molecule has 2 rings (SSSR count). The third kappa shape index (κ3) is 3.19. The van der Waals surface area contributed by atoms with Crippen LogP contribution in [-0.4, -0.2) is 25.6 Å². The average Bonchev–Trinajstić information content (AvgIpc) is 3.08. The summed E-state index contributed by atoms with van der Waals surface area (Å²) >= 11 is 1.86. The first-order valence-electron chi connectivity index (χ1n) is 6.61. The maximum atomic E-state index is 4.85. The summed E-state index contributed by atoms with van der Waals surface area (Å²) in [5.41, 5.74) is 1.36. The normalized spacial score (nSPS) is 15.2. The molecule has 1 N–H and O–H groups in total. The molecular weight excluding hydrogens is 230 g/mol. The minimum Gasteiger partial charge on any atom is -0.351 e. The van der Waals surface area contributed by atoms with Crippen molar-refractivity contribution in [2.75, 3.05) is 25.5 Å². The lowest BCUT2D eigenvalue weighted by molar-refractivity contribution is 0.762. The number of hydrogen-bond donors (Lipinski definition) is 1. The van der Waals surface area contributed by atoms with Gasteiger partial charge in [-0.1, -0.05) is 13.3 Å². The molecule has 0 aromatic carbocycles. The second-order valence-corrected chi connectivity index (χ2v) is 5.95. The molecule has 1 aliphatic rings. The van der Waals surface area contributed by atoms with Crippen LogP contribution in [0.2, 0.25) is 0 Å². The molecule has 0 bridgehead atoms. The van der Waals surface area contributed by atoms with Crippen molar-refractivity contribution in [1.29, 1.82) is 0 Å². The molecule has 1 fully saturated rings. The third-order valence-corrected chi connectivity index (χ3v) is 4.38. The third-order valence-electron chi connectivity index (χ3n) is 3.19. The van der Waals surface area contributed by atoms with Gasteiger partial charge in [-0.2, -0.15) is 0 Å². The molecule has 1 heterocycles. The molecule has 3 nitrogen and oxygen atoms in total. The van der Waals surface area contributed by atoms with Gasteiger partial charge in [-0.05, 0) is 26.3 Å². The molecule has 0 saturated heterocycles. The Labute approximate surface area is 108 Å². The zero-order valence-corrected chi connectivity index (χ0v) is 11.9. The molecule has 1 aliphatic carbocycles. The van der Waals surface area contributed by atoms with E-state index in [9.17, 15) is 0 Å². The highest BCUT2D eigenvalue weighted by atomic mass is 32.1. The van der Waals surface area contributed by atoms with Crippen LogP contribution in [0.1, 0.15) is 49.1 Å². The Hall–Kier alpha value is -0.610. The van der Waals surface area contributed by atoms with Gasteiger partial charge in [0, 0.05) is 30.9 Å². The number of anilines is 1. The Morgan fingerprint density at radius 2 is 2.24 bits per heavy atom. The molecule has 0 radical (unpaired) electrons. The van der Waals surface area contributed by atoms with Gasteiger partial charge in [0.05, 0.1) is 5.69 Å². The van der Waals surface area contributed by atoms with E-state index in [1.54, 1.807) is 0 Å². The summed E-state index contributed by atoms with van der Waals surface area (Å²) < 4.78 is 0. The second-order valence-electron chi connectivity index (χ2n) is 4.88. The van der Waals surface area contributed by atoms with Crippen LogP contribution >= 0.6 is 11.3 Å². The molecular formula is C13H23N3S. The first-order valence-corrected chi connectivity index (χ1v) is 7.43. The molecule has 0 aliphatic heterocycles. The van der Waals surface area contributed by atoms with Crippen molar-refractivity contribution in [2.24, 2.45) is 0 Å². The molecule has 1 saturated carbocycles. The van der Waals surface area contributed by atoms with E-state index in [0.29, 0.717) is 0 Å². The van der Waals surface area contributed by atoms with Gasteiger partial charge in [-0.25, -0.2) is 4.98 Å².